The fraction of sp³-hybridized carbons (Fsp3) is 0.657. The van der Waals surface area contributed by atoms with Crippen LogP contribution in [0.15, 0.2) is 29.4 Å². The lowest BCUT2D eigenvalue weighted by Gasteiger charge is -2.36. The molecule has 4 atom stereocenters. The Labute approximate surface area is 281 Å². The Hall–Kier alpha value is -3.47. The molecule has 0 aromatic heterocycles. The predicted octanol–water partition coefficient (Wildman–Crippen LogP) is 4.05. The molecule has 12 heteroatoms. The summed E-state index contributed by atoms with van der Waals surface area (Å²) in [7, 11) is 0. The minimum absolute atomic E-state index is 0.00125. The van der Waals surface area contributed by atoms with Gasteiger partial charge in [-0.1, -0.05) is 75.8 Å². The van der Waals surface area contributed by atoms with Gasteiger partial charge in [0.05, 0.1) is 18.3 Å². The maximum Gasteiger partial charge on any atom is 0.289 e. The molecule has 11 nitrogen and oxygen atoms in total. The van der Waals surface area contributed by atoms with Crippen molar-refractivity contribution in [3.63, 3.8) is 0 Å². The molecule has 1 spiro atoms. The molecule has 2 saturated carbocycles. The van der Waals surface area contributed by atoms with E-state index < -0.39 is 52.6 Å². The number of Topliss-reactive ketones (excluding diaryl/α,β-unsaturated/α-hetero) is 1. The number of likely N-dealkylation sites (tertiary alicyclic amines) is 1. The smallest absolute Gasteiger partial charge is 0.289 e. The van der Waals surface area contributed by atoms with Crippen LogP contribution in [0.4, 0.5) is 0 Å². The van der Waals surface area contributed by atoms with Crippen LogP contribution in [-0.2, 0) is 28.8 Å². The van der Waals surface area contributed by atoms with Gasteiger partial charge < -0.3 is 25.7 Å². The molecule has 4 aliphatic rings. The standard InChI is InChI=1S/C35H48ClN5O6/c1-5-9-25(29(43)32(45)37-24-14-15-24)38-31(44)27-19-35(18-26(40-47-35)22-12-8-13-23(36)17-22)20-41(27)33(46)30(34(2,3)4)39-28(42)16-21-10-6-7-11-21/h8,12-13,17,21,24-25,27,30H,5-7,9-11,14-16,18-20H2,1-4H3,(H,37,45)(H,38,44)(H,39,42)/t25-,27-,30+,35+/m0/s1. The normalized spacial score (nSPS) is 24.0. The average molecular weight is 670 g/mol. The van der Waals surface area contributed by atoms with Gasteiger partial charge in [0.1, 0.15) is 12.1 Å². The summed E-state index contributed by atoms with van der Waals surface area (Å²) in [5.41, 5.74) is -0.241. The lowest BCUT2D eigenvalue weighted by atomic mass is 9.85. The lowest BCUT2D eigenvalue weighted by molar-refractivity contribution is -0.145. The molecular weight excluding hydrogens is 622 g/mol. The van der Waals surface area contributed by atoms with Crippen molar-refractivity contribution in [1.82, 2.24) is 20.9 Å². The number of halogens is 1. The number of benzene rings is 1. The van der Waals surface area contributed by atoms with Gasteiger partial charge in [0.25, 0.3) is 5.91 Å². The molecule has 1 aromatic rings. The summed E-state index contributed by atoms with van der Waals surface area (Å²) in [4.78, 5) is 75.1. The van der Waals surface area contributed by atoms with E-state index in [2.05, 4.69) is 21.1 Å². The van der Waals surface area contributed by atoms with E-state index in [0.29, 0.717) is 35.9 Å². The Kier molecular flexibility index (Phi) is 10.6. The molecule has 3 fully saturated rings. The van der Waals surface area contributed by atoms with Crippen molar-refractivity contribution < 1.29 is 28.8 Å². The fourth-order valence-corrected chi connectivity index (χ4v) is 7.12. The number of carbonyl (C=O) groups is 5. The van der Waals surface area contributed by atoms with Crippen LogP contribution in [0.1, 0.15) is 104 Å². The van der Waals surface area contributed by atoms with Gasteiger partial charge in [-0.2, -0.15) is 0 Å². The first-order chi connectivity index (χ1) is 22.3. The van der Waals surface area contributed by atoms with E-state index in [1.165, 1.54) is 4.90 Å². The number of carbonyl (C=O) groups excluding carboxylic acids is 5. The molecule has 0 radical (unpaired) electrons. The second-order valence-electron chi connectivity index (χ2n) is 14.9. The summed E-state index contributed by atoms with van der Waals surface area (Å²) in [6, 6.07) is 4.27. The maximum absolute atomic E-state index is 14.5. The summed E-state index contributed by atoms with van der Waals surface area (Å²) >= 11 is 6.24. The number of hydrogen-bond donors (Lipinski definition) is 3. The summed E-state index contributed by atoms with van der Waals surface area (Å²) in [5, 5.41) is 13.4. The quantitative estimate of drug-likeness (QED) is 0.286. The van der Waals surface area contributed by atoms with Crippen molar-refractivity contribution in [2.45, 2.75) is 128 Å². The van der Waals surface area contributed by atoms with Crippen LogP contribution < -0.4 is 16.0 Å². The van der Waals surface area contributed by atoms with Gasteiger partial charge in [-0.05, 0) is 55.6 Å². The number of nitrogens with one attached hydrogen (secondary N) is 3. The highest BCUT2D eigenvalue weighted by Crippen LogP contribution is 2.40. The van der Waals surface area contributed by atoms with Crippen LogP contribution >= 0.6 is 11.6 Å². The second kappa shape index (κ2) is 14.3. The summed E-state index contributed by atoms with van der Waals surface area (Å²) in [6.45, 7) is 7.57. The summed E-state index contributed by atoms with van der Waals surface area (Å²) in [5.74, 6) is -2.24. The molecule has 2 aliphatic heterocycles. The van der Waals surface area contributed by atoms with Crippen molar-refractivity contribution in [2.75, 3.05) is 6.54 Å². The van der Waals surface area contributed by atoms with Gasteiger partial charge in [-0.25, -0.2) is 0 Å². The maximum atomic E-state index is 14.5. The molecule has 3 N–H and O–H groups in total. The minimum Gasteiger partial charge on any atom is -0.387 e. The zero-order valence-electron chi connectivity index (χ0n) is 27.9. The average Bonchev–Trinajstić information content (AvgIpc) is 3.37. The first kappa shape index (κ1) is 34.9. The van der Waals surface area contributed by atoms with Gasteiger partial charge in [0.15, 0.2) is 5.60 Å². The third-order valence-corrected chi connectivity index (χ3v) is 9.93. The predicted molar refractivity (Wildman–Crippen MR) is 178 cm³/mol. The van der Waals surface area contributed by atoms with E-state index in [-0.39, 0.29) is 31.3 Å². The van der Waals surface area contributed by atoms with Gasteiger partial charge in [-0.3, -0.25) is 24.0 Å². The molecular formula is C35H48ClN5O6. The first-order valence-corrected chi connectivity index (χ1v) is 17.4. The van der Waals surface area contributed by atoms with E-state index in [9.17, 15) is 24.0 Å². The lowest BCUT2D eigenvalue weighted by Crippen LogP contribution is -2.59. The molecule has 0 unspecified atom stereocenters. The molecule has 2 heterocycles. The van der Waals surface area contributed by atoms with Gasteiger partial charge in [0, 0.05) is 35.9 Å². The van der Waals surface area contributed by atoms with Crippen molar-refractivity contribution in [2.24, 2.45) is 16.5 Å². The van der Waals surface area contributed by atoms with Gasteiger partial charge in [-0.15, -0.1) is 0 Å². The molecule has 256 valence electrons. The number of rotatable bonds is 12. The van der Waals surface area contributed by atoms with E-state index in [4.69, 9.17) is 16.4 Å². The topological polar surface area (TPSA) is 146 Å². The highest BCUT2D eigenvalue weighted by atomic mass is 35.5. The van der Waals surface area contributed by atoms with E-state index in [1.807, 2.05) is 39.8 Å². The highest BCUT2D eigenvalue weighted by Gasteiger charge is 2.55. The molecule has 4 amide bonds. The van der Waals surface area contributed by atoms with Crippen molar-refractivity contribution in [1.29, 1.82) is 0 Å². The molecule has 47 heavy (non-hydrogen) atoms. The van der Waals surface area contributed by atoms with E-state index in [0.717, 1.165) is 44.1 Å². The minimum atomic E-state index is -1.04. The molecule has 2 aliphatic carbocycles. The van der Waals surface area contributed by atoms with Gasteiger partial charge >= 0.3 is 0 Å². The second-order valence-corrected chi connectivity index (χ2v) is 15.3. The SMILES string of the molecule is CCC[C@H](NC(=O)[C@@H]1C[C@]2(CC(c3cccc(Cl)c3)=NO2)CN1C(=O)[C@@H](NC(=O)CC1CCCC1)C(C)(C)C)C(=O)C(=O)NC1CC1. The van der Waals surface area contributed by atoms with Crippen molar-refractivity contribution >= 4 is 46.7 Å². The van der Waals surface area contributed by atoms with Crippen LogP contribution in [0, 0.1) is 11.3 Å². The number of nitrogens with zero attached hydrogens (tertiary/aromatic N) is 2. The zero-order chi connectivity index (χ0) is 33.9. The number of hydrogen-bond acceptors (Lipinski definition) is 7. The van der Waals surface area contributed by atoms with Crippen LogP contribution in [-0.4, -0.2) is 76.3 Å². The Morgan fingerprint density at radius 3 is 2.45 bits per heavy atom. The van der Waals surface area contributed by atoms with Crippen LogP contribution in [0.3, 0.4) is 0 Å². The van der Waals surface area contributed by atoms with E-state index in [1.54, 1.807) is 12.1 Å². The molecule has 0 bridgehead atoms. The number of ketones is 1. The highest BCUT2D eigenvalue weighted by molar-refractivity contribution is 6.38. The van der Waals surface area contributed by atoms with Crippen LogP contribution in [0.5, 0.6) is 0 Å². The zero-order valence-corrected chi connectivity index (χ0v) is 28.7. The van der Waals surface area contributed by atoms with Gasteiger partial charge in [0.2, 0.25) is 23.5 Å². The van der Waals surface area contributed by atoms with Crippen molar-refractivity contribution in [3.8, 4) is 0 Å². The third-order valence-electron chi connectivity index (χ3n) is 9.70. The fourth-order valence-electron chi connectivity index (χ4n) is 6.93. The van der Waals surface area contributed by atoms with Crippen LogP contribution in [0.25, 0.3) is 0 Å². The monoisotopic (exact) mass is 669 g/mol. The Bertz CT molecular complexity index is 1420. The van der Waals surface area contributed by atoms with Crippen molar-refractivity contribution in [3.05, 3.63) is 34.9 Å². The number of amides is 4. The third kappa shape index (κ3) is 8.52. The molecule has 1 saturated heterocycles. The Morgan fingerprint density at radius 1 is 1.09 bits per heavy atom. The first-order valence-electron chi connectivity index (χ1n) is 17.0. The molecule has 1 aromatic carbocycles. The summed E-state index contributed by atoms with van der Waals surface area (Å²) in [6.07, 6.45) is 7.51. The Morgan fingerprint density at radius 2 is 1.81 bits per heavy atom. The molecule has 5 rings (SSSR count). The van der Waals surface area contributed by atoms with E-state index >= 15 is 0 Å². The summed E-state index contributed by atoms with van der Waals surface area (Å²) < 4.78 is 0. The largest absolute Gasteiger partial charge is 0.387 e. The van der Waals surface area contributed by atoms with Crippen LogP contribution in [0.2, 0.25) is 5.02 Å². The Balaban J connectivity index is 1.38. The number of oxime groups is 1.